The van der Waals surface area contributed by atoms with E-state index in [2.05, 4.69) is 58.5 Å². The van der Waals surface area contributed by atoms with Gasteiger partial charge in [-0.2, -0.15) is 8.42 Å². The van der Waals surface area contributed by atoms with Crippen molar-refractivity contribution in [1.82, 2.24) is 24.5 Å². The number of carbonyl (C=O) groups is 1. The van der Waals surface area contributed by atoms with Gasteiger partial charge in [-0.05, 0) is 87.6 Å². The Hall–Kier alpha value is -3.45. The number of rotatable bonds is 6. The normalized spacial score (nSPS) is 22.2. The fraction of sp³-hybridized carbons (Fsp3) is 0.548. The SMILES string of the molecule is CC1(C)C[C@@H]2CCCNc3cccc(n3)S(=O)(=O)NC(=O)c3ccc(-n4ccc(OCCC5([Si](C)(C)C)CC5)n4)nc3N1C2. The van der Waals surface area contributed by atoms with Crippen molar-refractivity contribution in [2.45, 2.75) is 87.6 Å². The smallest absolute Gasteiger partial charge is 0.281 e. The summed E-state index contributed by atoms with van der Waals surface area (Å²) < 4.78 is 36.4. The van der Waals surface area contributed by atoms with Gasteiger partial charge in [-0.3, -0.25) is 4.79 Å². The van der Waals surface area contributed by atoms with Crippen LogP contribution in [0.15, 0.2) is 47.6 Å². The van der Waals surface area contributed by atoms with Gasteiger partial charge in [0.15, 0.2) is 10.8 Å². The van der Waals surface area contributed by atoms with Gasteiger partial charge < -0.3 is 15.0 Å². The van der Waals surface area contributed by atoms with Crippen LogP contribution in [-0.2, 0) is 10.0 Å². The van der Waals surface area contributed by atoms with Crippen LogP contribution in [0.3, 0.4) is 0 Å². The third-order valence-electron chi connectivity index (χ3n) is 9.72. The maximum atomic E-state index is 13.6. The molecule has 1 saturated carbocycles. The van der Waals surface area contributed by atoms with Crippen molar-refractivity contribution in [1.29, 1.82) is 0 Å². The fourth-order valence-electron chi connectivity index (χ4n) is 6.79. The van der Waals surface area contributed by atoms with E-state index in [1.54, 1.807) is 35.1 Å². The minimum atomic E-state index is -4.23. The van der Waals surface area contributed by atoms with E-state index in [1.807, 2.05) is 6.07 Å². The summed E-state index contributed by atoms with van der Waals surface area (Å²) in [5, 5.41) is 8.11. The predicted molar refractivity (Wildman–Crippen MR) is 173 cm³/mol. The van der Waals surface area contributed by atoms with Crippen molar-refractivity contribution in [2.24, 2.45) is 5.92 Å². The monoisotopic (exact) mass is 637 g/mol. The number of amides is 1. The van der Waals surface area contributed by atoms with Crippen LogP contribution in [0.25, 0.3) is 5.82 Å². The number of carbonyl (C=O) groups excluding carboxylic acids is 1. The zero-order valence-electron chi connectivity index (χ0n) is 26.3. The number of hydrogen-bond acceptors (Lipinski definition) is 9. The molecule has 4 bridgehead atoms. The van der Waals surface area contributed by atoms with E-state index in [0.29, 0.717) is 54.0 Å². The molecule has 3 aliphatic rings. The summed E-state index contributed by atoms with van der Waals surface area (Å²) in [5.74, 6) is 1.57. The summed E-state index contributed by atoms with van der Waals surface area (Å²) in [6.07, 6.45) is 8.24. The number of anilines is 2. The van der Waals surface area contributed by atoms with Gasteiger partial charge in [0.2, 0.25) is 5.88 Å². The number of aromatic nitrogens is 4. The fourth-order valence-corrected chi connectivity index (χ4v) is 10.2. The quantitative estimate of drug-likeness (QED) is 0.349. The van der Waals surface area contributed by atoms with Crippen molar-refractivity contribution in [2.75, 3.05) is 29.9 Å². The van der Waals surface area contributed by atoms with E-state index in [1.165, 1.54) is 18.9 Å². The number of fused-ring (bicyclic) bond motifs is 6. The highest BCUT2D eigenvalue weighted by molar-refractivity contribution is 7.90. The van der Waals surface area contributed by atoms with E-state index < -0.39 is 24.0 Å². The van der Waals surface area contributed by atoms with Crippen molar-refractivity contribution in [3.63, 3.8) is 0 Å². The summed E-state index contributed by atoms with van der Waals surface area (Å²) in [6.45, 7) is 13.6. The van der Waals surface area contributed by atoms with Gasteiger partial charge >= 0.3 is 0 Å². The topological polar surface area (TPSA) is 131 Å². The molecule has 11 nitrogen and oxygen atoms in total. The zero-order valence-corrected chi connectivity index (χ0v) is 28.1. The second-order valence-corrected chi connectivity index (χ2v) is 21.3. The number of hydrogen-bond donors (Lipinski definition) is 2. The third kappa shape index (κ3) is 6.08. The lowest BCUT2D eigenvalue weighted by Crippen LogP contribution is -2.41. The molecule has 0 unspecified atom stereocenters. The lowest BCUT2D eigenvalue weighted by molar-refractivity contribution is 0.0981. The van der Waals surface area contributed by atoms with Gasteiger partial charge in [-0.25, -0.2) is 19.4 Å². The van der Waals surface area contributed by atoms with Crippen LogP contribution in [0.4, 0.5) is 11.6 Å². The highest BCUT2D eigenvalue weighted by Crippen LogP contribution is 2.63. The summed E-state index contributed by atoms with van der Waals surface area (Å²) >= 11 is 0. The first kappa shape index (κ1) is 30.6. The van der Waals surface area contributed by atoms with E-state index in [4.69, 9.17) is 9.72 Å². The lowest BCUT2D eigenvalue weighted by Gasteiger charge is -2.34. The second-order valence-electron chi connectivity index (χ2n) is 14.1. The summed E-state index contributed by atoms with van der Waals surface area (Å²) in [6, 6.07) is 9.86. The molecule has 1 saturated heterocycles. The van der Waals surface area contributed by atoms with Crippen LogP contribution in [0.5, 0.6) is 5.88 Å². The zero-order chi connectivity index (χ0) is 31.3. The number of nitrogens with one attached hydrogen (secondary N) is 2. The Balaban J connectivity index is 1.30. The molecular formula is C31H43N7O4SSi. The van der Waals surface area contributed by atoms with E-state index in [0.717, 1.165) is 25.7 Å². The molecule has 236 valence electrons. The minimum absolute atomic E-state index is 0.180. The molecule has 0 radical (unpaired) electrons. The molecular weight excluding hydrogens is 595 g/mol. The molecule has 1 atom stereocenters. The molecule has 1 aliphatic carbocycles. The van der Waals surface area contributed by atoms with Crippen molar-refractivity contribution in [3.05, 3.63) is 48.2 Å². The Morgan fingerprint density at radius 2 is 1.89 bits per heavy atom. The molecule has 5 heterocycles. The standard InChI is InChI=1S/C31H43N7O4SSi/c1-30(2)20-22-8-7-17-32-24-9-6-10-27(33-24)43(40,41)36-29(39)23-11-12-25(34-28(23)37(30)21-22)38-18-13-26(35-38)42-19-16-31(14-15-31)44(3,4)5/h6,9-13,18,22H,7-8,14-17,19-21H2,1-5H3,(H,32,33)(H,36,39)/t22-/m0/s1. The molecule has 3 aromatic rings. The van der Waals surface area contributed by atoms with Crippen LogP contribution in [-0.4, -0.2) is 67.4 Å². The van der Waals surface area contributed by atoms with Gasteiger partial charge in [0, 0.05) is 30.9 Å². The largest absolute Gasteiger partial charge is 0.477 e. The minimum Gasteiger partial charge on any atom is -0.477 e. The van der Waals surface area contributed by atoms with Gasteiger partial charge in [-0.15, -0.1) is 5.10 Å². The summed E-state index contributed by atoms with van der Waals surface area (Å²) in [5.41, 5.74) is -0.117. The van der Waals surface area contributed by atoms with Crippen molar-refractivity contribution < 1.29 is 17.9 Å². The molecule has 44 heavy (non-hydrogen) atoms. The average Bonchev–Trinajstić information content (AvgIpc) is 3.51. The van der Waals surface area contributed by atoms with Crippen molar-refractivity contribution >= 4 is 35.6 Å². The first-order valence-corrected chi connectivity index (χ1v) is 20.5. The van der Waals surface area contributed by atoms with E-state index in [9.17, 15) is 13.2 Å². The first-order valence-electron chi connectivity index (χ1n) is 15.5. The second kappa shape index (κ2) is 11.2. The van der Waals surface area contributed by atoms with Gasteiger partial charge in [-0.1, -0.05) is 25.7 Å². The Labute approximate surface area is 260 Å². The lowest BCUT2D eigenvalue weighted by atomic mass is 9.93. The van der Waals surface area contributed by atoms with Gasteiger partial charge in [0.1, 0.15) is 11.6 Å². The highest BCUT2D eigenvalue weighted by atomic mass is 32.2. The molecule has 0 spiro atoms. The van der Waals surface area contributed by atoms with E-state index in [-0.39, 0.29) is 16.1 Å². The summed E-state index contributed by atoms with van der Waals surface area (Å²) in [7, 11) is -5.47. The molecule has 2 fully saturated rings. The highest BCUT2D eigenvalue weighted by Gasteiger charge is 2.52. The Kier molecular flexibility index (Phi) is 7.76. The maximum Gasteiger partial charge on any atom is 0.281 e. The number of sulfonamides is 1. The molecule has 1 amide bonds. The van der Waals surface area contributed by atoms with Gasteiger partial charge in [0.05, 0.1) is 20.2 Å². The third-order valence-corrected chi connectivity index (χ3v) is 14.9. The Morgan fingerprint density at radius 3 is 2.64 bits per heavy atom. The molecule has 13 heteroatoms. The van der Waals surface area contributed by atoms with Crippen LogP contribution >= 0.6 is 0 Å². The molecule has 2 N–H and O–H groups in total. The van der Waals surface area contributed by atoms with Crippen molar-refractivity contribution in [3.8, 4) is 11.7 Å². The number of pyridine rings is 2. The molecule has 6 rings (SSSR count). The van der Waals surface area contributed by atoms with Crippen LogP contribution < -0.4 is 19.7 Å². The maximum absolute atomic E-state index is 13.6. The summed E-state index contributed by atoms with van der Waals surface area (Å²) in [4.78, 5) is 24.9. The molecule has 2 aliphatic heterocycles. The van der Waals surface area contributed by atoms with Gasteiger partial charge in [0.25, 0.3) is 15.9 Å². The predicted octanol–water partition coefficient (Wildman–Crippen LogP) is 5.23. The first-order chi connectivity index (χ1) is 20.8. The Morgan fingerprint density at radius 1 is 1.09 bits per heavy atom. The Bertz CT molecular complexity index is 1660. The number of ether oxygens (including phenoxy) is 1. The number of nitrogens with zero attached hydrogens (tertiary/aromatic N) is 5. The molecule has 3 aromatic heterocycles. The van der Waals surface area contributed by atoms with Crippen LogP contribution in [0.1, 0.15) is 62.7 Å². The molecule has 0 aromatic carbocycles. The van der Waals surface area contributed by atoms with E-state index >= 15 is 0 Å². The van der Waals surface area contributed by atoms with Crippen LogP contribution in [0.2, 0.25) is 24.7 Å². The van der Waals surface area contributed by atoms with Crippen LogP contribution in [0, 0.1) is 5.92 Å². The average molecular weight is 638 g/mol.